The van der Waals surface area contributed by atoms with Crippen LogP contribution in [0.1, 0.15) is 79.9 Å². The lowest BCUT2D eigenvalue weighted by Gasteiger charge is -2.21. The second kappa shape index (κ2) is 23.1. The van der Waals surface area contributed by atoms with Gasteiger partial charge in [-0.05, 0) is 93.0 Å². The van der Waals surface area contributed by atoms with E-state index in [2.05, 4.69) is 14.9 Å². The number of methoxy groups -OCH3 is 1. The van der Waals surface area contributed by atoms with Crippen molar-refractivity contribution in [3.63, 3.8) is 0 Å². The van der Waals surface area contributed by atoms with E-state index < -0.39 is 29.7 Å². The van der Waals surface area contributed by atoms with Crippen LogP contribution in [-0.2, 0) is 41.7 Å². The van der Waals surface area contributed by atoms with Gasteiger partial charge in [0.2, 0.25) is 6.23 Å². The number of hydrazine groups is 1. The lowest BCUT2D eigenvalue weighted by molar-refractivity contribution is -0.763. The Morgan fingerprint density at radius 2 is 1.63 bits per heavy atom. The van der Waals surface area contributed by atoms with Crippen molar-refractivity contribution in [3.05, 3.63) is 123 Å². The number of nitrogens with two attached hydrogens (primary N) is 2. The number of hydrazone groups is 1. The summed E-state index contributed by atoms with van der Waals surface area (Å²) in [5, 5.41) is 14.6. The predicted octanol–water partition coefficient (Wildman–Crippen LogP) is 6.86. The highest BCUT2D eigenvalue weighted by molar-refractivity contribution is 6.03. The average molecular weight is 870 g/mol. The Bertz CT molecular complexity index is 2330. The van der Waals surface area contributed by atoms with Crippen LogP contribution in [0, 0.1) is 10.1 Å². The van der Waals surface area contributed by atoms with Gasteiger partial charge in [0, 0.05) is 12.7 Å². The molecule has 6 rings (SSSR count). The van der Waals surface area contributed by atoms with Crippen LogP contribution in [0.2, 0.25) is 0 Å². The molecule has 1 saturated carbocycles. The number of fused-ring (bicyclic) bond motifs is 1. The summed E-state index contributed by atoms with van der Waals surface area (Å²) in [6.07, 6.45) is 3.24. The van der Waals surface area contributed by atoms with E-state index in [1.807, 2.05) is 47.9 Å². The zero-order valence-corrected chi connectivity index (χ0v) is 35.4. The number of esters is 1. The fraction of sp³-hybridized carbons (Fsp3) is 0.341. The quantitative estimate of drug-likeness (QED) is 0.00873. The molecule has 0 radical (unpaired) electrons. The number of ether oxygens (including phenoxy) is 6. The summed E-state index contributed by atoms with van der Waals surface area (Å²) in [5.41, 5.74) is 11.5. The van der Waals surface area contributed by atoms with Gasteiger partial charge < -0.3 is 39.0 Å². The first kappa shape index (κ1) is 46.8. The number of imidazole rings is 1. The standard InChI is InChI=1S/C37H39N7O10.C7H12O2/c1-5-50-36-40-32-12-8-11-31(35(45)53-24(3)49-4)33(32)42(36)21-25-13-17-27(18-14-25)29-9-6-7-10-30(29)34(38)41-43(39)23(2)52-37(46)54-28-19-15-26(16-20-28)22-51-44(47)48;8-6-9-7-4-2-1-3-5-7/h6-20,23-24H,5,21-22,39H2,1-4H3,(H2,38,41);6-7H,1-5H2. The number of hydrogen-bond acceptors (Lipinski definition) is 16. The van der Waals surface area contributed by atoms with Crippen LogP contribution in [0.15, 0.2) is 96.1 Å². The summed E-state index contributed by atoms with van der Waals surface area (Å²) in [6.45, 7) is 6.00. The summed E-state index contributed by atoms with van der Waals surface area (Å²) in [7, 11) is 1.46. The Hall–Kier alpha value is -7.25. The van der Waals surface area contributed by atoms with Gasteiger partial charge >= 0.3 is 12.1 Å². The number of benzene rings is 4. The first-order chi connectivity index (χ1) is 30.4. The predicted molar refractivity (Wildman–Crippen MR) is 229 cm³/mol. The van der Waals surface area contributed by atoms with E-state index in [0.717, 1.165) is 34.6 Å². The third kappa shape index (κ3) is 13.4. The largest absolute Gasteiger partial charge is 0.515 e. The smallest absolute Gasteiger partial charge is 0.465 e. The molecule has 1 aliphatic carbocycles. The topological polar surface area (TPSA) is 244 Å². The highest BCUT2D eigenvalue weighted by Gasteiger charge is 2.22. The highest BCUT2D eigenvalue weighted by atomic mass is 16.9. The van der Waals surface area contributed by atoms with Crippen molar-refractivity contribution in [3.8, 4) is 22.9 Å². The number of rotatable bonds is 18. The van der Waals surface area contributed by atoms with Crippen molar-refractivity contribution in [2.24, 2.45) is 16.7 Å². The van der Waals surface area contributed by atoms with Gasteiger partial charge in [-0.3, -0.25) is 9.36 Å². The van der Waals surface area contributed by atoms with Gasteiger partial charge in [-0.15, -0.1) is 15.2 Å². The number of aromatic nitrogens is 2. The molecule has 0 bridgehead atoms. The minimum atomic E-state index is -1.08. The van der Waals surface area contributed by atoms with Crippen LogP contribution < -0.4 is 21.1 Å². The van der Waals surface area contributed by atoms with Crippen LogP contribution in [0.5, 0.6) is 11.8 Å². The van der Waals surface area contributed by atoms with Gasteiger partial charge in [0.25, 0.3) is 17.6 Å². The van der Waals surface area contributed by atoms with Crippen LogP contribution in [0.4, 0.5) is 4.79 Å². The molecule has 0 amide bonds. The van der Waals surface area contributed by atoms with Crippen LogP contribution in [0.25, 0.3) is 22.2 Å². The first-order valence-corrected chi connectivity index (χ1v) is 20.2. The number of hydrogen-bond donors (Lipinski definition) is 2. The van der Waals surface area contributed by atoms with Gasteiger partial charge in [-0.25, -0.2) is 15.4 Å². The fourth-order valence-corrected chi connectivity index (χ4v) is 6.54. The fourth-order valence-electron chi connectivity index (χ4n) is 6.54. The first-order valence-electron chi connectivity index (χ1n) is 20.2. The molecule has 2 atom stereocenters. The van der Waals surface area contributed by atoms with Crippen molar-refractivity contribution in [1.82, 2.24) is 14.7 Å². The van der Waals surface area contributed by atoms with E-state index in [9.17, 15) is 24.5 Å². The van der Waals surface area contributed by atoms with Gasteiger partial charge in [-0.1, -0.05) is 73.2 Å². The van der Waals surface area contributed by atoms with Crippen molar-refractivity contribution in [1.29, 1.82) is 0 Å². The van der Waals surface area contributed by atoms with E-state index in [1.165, 1.54) is 57.6 Å². The van der Waals surface area contributed by atoms with Gasteiger partial charge in [0.15, 0.2) is 12.1 Å². The molecule has 334 valence electrons. The molecule has 0 aliphatic heterocycles. The number of para-hydroxylation sites is 1. The molecular weight excluding hydrogens is 819 g/mol. The summed E-state index contributed by atoms with van der Waals surface area (Å²) in [5.74, 6) is 5.74. The Morgan fingerprint density at radius 1 is 0.952 bits per heavy atom. The number of amidine groups is 1. The zero-order chi connectivity index (χ0) is 45.3. The summed E-state index contributed by atoms with van der Waals surface area (Å²) in [4.78, 5) is 54.7. The minimum Gasteiger partial charge on any atom is -0.465 e. The van der Waals surface area contributed by atoms with E-state index in [4.69, 9.17) is 40.0 Å². The molecule has 63 heavy (non-hydrogen) atoms. The number of nitrogens with zero attached hydrogens (tertiary/aromatic N) is 5. The van der Waals surface area contributed by atoms with Crippen molar-refractivity contribution in [2.75, 3.05) is 13.7 Å². The highest BCUT2D eigenvalue weighted by Crippen LogP contribution is 2.29. The molecule has 4 N–H and O–H groups in total. The molecule has 1 aromatic heterocycles. The zero-order valence-electron chi connectivity index (χ0n) is 35.4. The molecule has 5 aromatic rings. The summed E-state index contributed by atoms with van der Waals surface area (Å²) < 4.78 is 33.5. The van der Waals surface area contributed by atoms with Crippen LogP contribution >= 0.6 is 0 Å². The lowest BCUT2D eigenvalue weighted by atomic mass is 9.98. The maximum atomic E-state index is 13.1. The average Bonchev–Trinajstić information content (AvgIpc) is 3.63. The molecule has 4 aromatic carbocycles. The third-order valence-corrected chi connectivity index (χ3v) is 9.76. The van der Waals surface area contributed by atoms with E-state index in [1.54, 1.807) is 37.3 Å². The van der Waals surface area contributed by atoms with E-state index >= 15 is 0 Å². The maximum absolute atomic E-state index is 13.1. The maximum Gasteiger partial charge on any atom is 0.515 e. The Kier molecular flexibility index (Phi) is 17.2. The van der Waals surface area contributed by atoms with Crippen molar-refractivity contribution in [2.45, 2.75) is 84.6 Å². The van der Waals surface area contributed by atoms with Crippen molar-refractivity contribution < 1.29 is 52.7 Å². The van der Waals surface area contributed by atoms with Crippen LogP contribution in [0.3, 0.4) is 0 Å². The summed E-state index contributed by atoms with van der Waals surface area (Å²) >= 11 is 0. The molecule has 0 saturated heterocycles. The monoisotopic (exact) mass is 869 g/mol. The number of carbonyl (C=O) groups excluding carboxylic acids is 3. The SMILES string of the molecule is CCOc1nc2cccc(C(=O)OC(C)OC)c2n1Cc1ccc(-c2ccccc2/C(N)=N/N(N)C(C)OC(=O)Oc2ccc(CO[N+](=O)[O-])cc2)cc1.O=COC1CCCCC1. The molecule has 2 unspecified atom stereocenters. The minimum absolute atomic E-state index is 0.0574. The molecule has 0 spiro atoms. The molecule has 1 aliphatic rings. The van der Waals surface area contributed by atoms with Crippen LogP contribution in [-0.4, -0.2) is 76.5 Å². The summed E-state index contributed by atoms with van der Waals surface area (Å²) in [6, 6.07) is 26.5. The van der Waals surface area contributed by atoms with E-state index in [-0.39, 0.29) is 24.3 Å². The molecule has 1 fully saturated rings. The third-order valence-electron chi connectivity index (χ3n) is 9.76. The van der Waals surface area contributed by atoms with Crippen molar-refractivity contribution >= 4 is 35.5 Å². The Labute approximate surface area is 363 Å². The molecular formula is C44H51N7O12. The molecule has 19 heteroatoms. The van der Waals surface area contributed by atoms with Gasteiger partial charge in [0.05, 0.1) is 29.7 Å². The van der Waals surface area contributed by atoms with E-state index in [0.29, 0.717) is 53.4 Å². The van der Waals surface area contributed by atoms with Gasteiger partial charge in [-0.2, -0.15) is 10.1 Å². The second-order valence-corrected chi connectivity index (χ2v) is 14.1. The second-order valence-electron chi connectivity index (χ2n) is 14.1. The number of carbonyl (C=O) groups is 3. The lowest BCUT2D eigenvalue weighted by Crippen LogP contribution is -2.40. The Balaban J connectivity index is 0.000000738. The molecule has 1 heterocycles. The molecule has 19 nitrogen and oxygen atoms in total. The Morgan fingerprint density at radius 3 is 2.30 bits per heavy atom. The van der Waals surface area contributed by atoms with Gasteiger partial charge in [0.1, 0.15) is 18.5 Å². The normalized spacial score (nSPS) is 13.7.